The molecule has 0 unspecified atom stereocenters. The minimum absolute atomic E-state index is 0.227. The normalized spacial score (nSPS) is 11.0. The number of rotatable bonds is 5. The maximum Gasteiger partial charge on any atom is 0.169 e. The summed E-state index contributed by atoms with van der Waals surface area (Å²) in [5.41, 5.74) is 7.28. The van der Waals surface area contributed by atoms with Crippen LogP contribution in [0.1, 0.15) is 11.4 Å². The van der Waals surface area contributed by atoms with E-state index >= 15 is 0 Å². The molecule has 2 aromatic rings. The van der Waals surface area contributed by atoms with Crippen LogP contribution in [-0.4, -0.2) is 19.5 Å². The number of imidazole rings is 1. The summed E-state index contributed by atoms with van der Waals surface area (Å²) in [4.78, 5) is 13.2. The number of hydrogen-bond donors (Lipinski definition) is 1. The van der Waals surface area contributed by atoms with E-state index < -0.39 is 0 Å². The van der Waals surface area contributed by atoms with Gasteiger partial charge in [0.15, 0.2) is 23.2 Å². The largest absolute Gasteiger partial charge is 0.486 e. The molecule has 0 amide bonds. The molecule has 6 nitrogen and oxygen atoms in total. The van der Waals surface area contributed by atoms with Crippen molar-refractivity contribution >= 4 is 29.0 Å². The molecule has 27 heavy (non-hydrogen) atoms. The van der Waals surface area contributed by atoms with Gasteiger partial charge in [-0.15, -0.1) is 0 Å². The van der Waals surface area contributed by atoms with Gasteiger partial charge in [-0.2, -0.15) is 0 Å². The van der Waals surface area contributed by atoms with Crippen LogP contribution in [0.15, 0.2) is 54.9 Å². The van der Waals surface area contributed by atoms with Crippen molar-refractivity contribution in [3.63, 3.8) is 0 Å². The van der Waals surface area contributed by atoms with Crippen LogP contribution in [0.5, 0.6) is 5.75 Å². The molecule has 2 N–H and O–H groups in total. The Morgan fingerprint density at radius 3 is 2.44 bits per heavy atom. The van der Waals surface area contributed by atoms with E-state index in [-0.39, 0.29) is 6.61 Å². The number of hydrogen-bond acceptors (Lipinski definition) is 5. The summed E-state index contributed by atoms with van der Waals surface area (Å²) in [6.45, 7) is 0.630. The van der Waals surface area contributed by atoms with Gasteiger partial charge in [0.25, 0.3) is 0 Å². The molecule has 0 saturated heterocycles. The number of fused-ring (bicyclic) bond motifs is 1. The van der Waals surface area contributed by atoms with Crippen molar-refractivity contribution in [1.29, 1.82) is 0 Å². The molecule has 8 heteroatoms. The Bertz CT molecular complexity index is 1030. The van der Waals surface area contributed by atoms with Gasteiger partial charge in [0.2, 0.25) is 0 Å². The van der Waals surface area contributed by atoms with Gasteiger partial charge < -0.3 is 15.0 Å². The molecule has 4 rings (SSSR count). The minimum Gasteiger partial charge on any atom is -0.486 e. The monoisotopic (exact) mass is 399 g/mol. The molecular weight excluding hydrogens is 385 g/mol. The first kappa shape index (κ1) is 17.6. The minimum atomic E-state index is 0.227. The molecule has 0 atom stereocenters. The predicted octanol–water partition coefficient (Wildman–Crippen LogP) is 4.29. The van der Waals surface area contributed by atoms with Crippen molar-refractivity contribution in [2.45, 2.75) is 13.2 Å². The number of para-hydroxylation sites is 1. The van der Waals surface area contributed by atoms with E-state index in [4.69, 9.17) is 33.7 Å². The Hall–Kier alpha value is -2.83. The number of nitrogens with two attached hydrogens (primary N) is 1. The molecule has 2 aliphatic heterocycles. The number of benzene rings is 2. The molecule has 0 fully saturated rings. The van der Waals surface area contributed by atoms with E-state index in [0.717, 1.165) is 11.3 Å². The van der Waals surface area contributed by atoms with Crippen LogP contribution in [0.3, 0.4) is 0 Å². The Kier molecular flexibility index (Phi) is 4.83. The third-order valence-corrected chi connectivity index (χ3v) is 4.75. The van der Waals surface area contributed by atoms with E-state index in [1.807, 2.05) is 34.9 Å². The van der Waals surface area contributed by atoms with Crippen LogP contribution < -0.4 is 10.5 Å². The summed E-state index contributed by atoms with van der Waals surface area (Å²) < 4.78 is 7.54. The number of anilines is 1. The first-order valence-electron chi connectivity index (χ1n) is 8.20. The van der Waals surface area contributed by atoms with Crippen LogP contribution in [-0.2, 0) is 13.2 Å². The van der Waals surface area contributed by atoms with Gasteiger partial charge in [0.05, 0.1) is 12.9 Å². The lowest BCUT2D eigenvalue weighted by Gasteiger charge is -2.13. The zero-order chi connectivity index (χ0) is 18.8. The fourth-order valence-electron chi connectivity index (χ4n) is 2.70. The summed E-state index contributed by atoms with van der Waals surface area (Å²) in [7, 11) is 0. The van der Waals surface area contributed by atoms with Gasteiger partial charge in [-0.1, -0.05) is 47.5 Å². The summed E-state index contributed by atoms with van der Waals surface area (Å²) in [6.07, 6.45) is 1.60. The zero-order valence-electron chi connectivity index (χ0n) is 14.1. The Labute approximate surface area is 165 Å². The van der Waals surface area contributed by atoms with Gasteiger partial charge in [-0.3, -0.25) is 0 Å². The number of halogens is 2. The predicted molar refractivity (Wildman–Crippen MR) is 105 cm³/mol. The van der Waals surface area contributed by atoms with Crippen LogP contribution in [0, 0.1) is 0 Å². The number of nitrogen functional groups attached to an aromatic ring is 1. The second kappa shape index (κ2) is 7.42. The third kappa shape index (κ3) is 3.67. The van der Waals surface area contributed by atoms with Crippen molar-refractivity contribution < 1.29 is 4.74 Å². The molecule has 136 valence electrons. The van der Waals surface area contributed by atoms with Crippen molar-refractivity contribution in [2.75, 3.05) is 5.73 Å². The third-order valence-electron chi connectivity index (χ3n) is 4.04. The molecule has 2 aromatic carbocycles. The molecule has 2 aliphatic rings. The van der Waals surface area contributed by atoms with Crippen molar-refractivity contribution in [3.8, 4) is 17.3 Å². The molecule has 0 saturated carbocycles. The second-order valence-electron chi connectivity index (χ2n) is 5.87. The van der Waals surface area contributed by atoms with Gasteiger partial charge in [-0.25, -0.2) is 15.0 Å². The Morgan fingerprint density at radius 1 is 0.963 bits per heavy atom. The average molecular weight is 400 g/mol. The highest BCUT2D eigenvalue weighted by Gasteiger charge is 2.20. The van der Waals surface area contributed by atoms with Gasteiger partial charge >= 0.3 is 0 Å². The summed E-state index contributed by atoms with van der Waals surface area (Å²) >= 11 is 12.6. The Morgan fingerprint density at radius 2 is 1.70 bits per heavy atom. The SMILES string of the molecule is Nc1ncn(Cc2c(Cl)cccc2Cl)c2nc(COc3ccccc3)nc1-2. The second-order valence-corrected chi connectivity index (χ2v) is 6.69. The van der Waals surface area contributed by atoms with Crippen LogP contribution >= 0.6 is 23.2 Å². The van der Waals surface area contributed by atoms with Crippen LogP contribution in [0.25, 0.3) is 11.5 Å². The van der Waals surface area contributed by atoms with Crippen molar-refractivity contribution in [1.82, 2.24) is 19.5 Å². The number of aromatic nitrogens is 4. The maximum atomic E-state index is 6.29. The summed E-state index contributed by atoms with van der Waals surface area (Å²) in [6, 6.07) is 14.9. The standard InChI is InChI=1S/C19H15Cl2N5O/c20-14-7-4-8-15(21)13(14)9-26-11-23-18(22)17-19(26)25-16(24-17)10-27-12-5-2-1-3-6-12/h1-8,11H,9-10,22H2. The first-order valence-corrected chi connectivity index (χ1v) is 8.95. The highest BCUT2D eigenvalue weighted by molar-refractivity contribution is 6.35. The van der Waals surface area contributed by atoms with Gasteiger partial charge in [0, 0.05) is 15.6 Å². The van der Waals surface area contributed by atoms with E-state index in [1.54, 1.807) is 24.5 Å². The molecule has 0 radical (unpaired) electrons. The topological polar surface area (TPSA) is 78.8 Å². The lowest BCUT2D eigenvalue weighted by atomic mass is 10.2. The summed E-state index contributed by atoms with van der Waals surface area (Å²) in [5.74, 6) is 2.18. The lowest BCUT2D eigenvalue weighted by molar-refractivity contribution is 0.297. The highest BCUT2D eigenvalue weighted by atomic mass is 35.5. The number of nitrogens with zero attached hydrogens (tertiary/aromatic N) is 4. The molecule has 0 spiro atoms. The highest BCUT2D eigenvalue weighted by Crippen LogP contribution is 2.29. The lowest BCUT2D eigenvalue weighted by Crippen LogP contribution is -2.09. The Balaban J connectivity index is 1.65. The molecule has 2 heterocycles. The average Bonchev–Trinajstić information content (AvgIpc) is 3.11. The molecule has 0 aromatic heterocycles. The fourth-order valence-corrected chi connectivity index (χ4v) is 3.21. The molecule has 0 bridgehead atoms. The van der Waals surface area contributed by atoms with Gasteiger partial charge in [-0.05, 0) is 24.3 Å². The van der Waals surface area contributed by atoms with E-state index in [1.165, 1.54) is 0 Å². The fraction of sp³-hybridized carbons (Fsp3) is 0.105. The first-order chi connectivity index (χ1) is 13.1. The quantitative estimate of drug-likeness (QED) is 0.541. The zero-order valence-corrected chi connectivity index (χ0v) is 15.7. The van der Waals surface area contributed by atoms with E-state index in [0.29, 0.717) is 39.8 Å². The molecule has 0 aliphatic carbocycles. The molecular formula is C19H15Cl2N5O. The number of ether oxygens (including phenoxy) is 1. The van der Waals surface area contributed by atoms with E-state index in [9.17, 15) is 0 Å². The van der Waals surface area contributed by atoms with E-state index in [2.05, 4.69) is 15.0 Å². The van der Waals surface area contributed by atoms with Crippen LogP contribution in [0.2, 0.25) is 10.0 Å². The smallest absolute Gasteiger partial charge is 0.169 e. The summed E-state index contributed by atoms with van der Waals surface area (Å²) in [5, 5.41) is 1.15. The van der Waals surface area contributed by atoms with Crippen LogP contribution in [0.4, 0.5) is 5.82 Å². The maximum absolute atomic E-state index is 6.29. The van der Waals surface area contributed by atoms with Crippen molar-refractivity contribution in [2.24, 2.45) is 0 Å². The van der Waals surface area contributed by atoms with Gasteiger partial charge in [0.1, 0.15) is 12.4 Å². The van der Waals surface area contributed by atoms with Crippen molar-refractivity contribution in [3.05, 3.63) is 76.3 Å².